The van der Waals surface area contributed by atoms with Gasteiger partial charge >= 0.3 is 0 Å². The van der Waals surface area contributed by atoms with E-state index in [1.165, 1.54) is 19.3 Å². The van der Waals surface area contributed by atoms with E-state index in [4.69, 9.17) is 21.1 Å². The molecule has 2 fully saturated rings. The van der Waals surface area contributed by atoms with Crippen LogP contribution in [0.25, 0.3) is 0 Å². The lowest BCUT2D eigenvalue weighted by molar-refractivity contribution is -0.192. The molecule has 2 aliphatic rings. The zero-order valence-electron chi connectivity index (χ0n) is 10.4. The van der Waals surface area contributed by atoms with Gasteiger partial charge in [-0.2, -0.15) is 0 Å². The number of alkyl halides is 1. The second-order valence-electron chi connectivity index (χ2n) is 5.34. The van der Waals surface area contributed by atoms with Crippen molar-refractivity contribution < 1.29 is 9.47 Å². The monoisotopic (exact) mass is 246 g/mol. The maximum Gasteiger partial charge on any atom is 0.168 e. The molecule has 0 aromatic carbocycles. The highest BCUT2D eigenvalue weighted by molar-refractivity contribution is 6.18. The Morgan fingerprint density at radius 2 is 2.06 bits per heavy atom. The molecule has 1 aliphatic heterocycles. The lowest BCUT2D eigenvalue weighted by Gasteiger charge is -2.37. The molecule has 1 saturated carbocycles. The van der Waals surface area contributed by atoms with Crippen LogP contribution in [0.4, 0.5) is 0 Å². The average Bonchev–Trinajstić information content (AvgIpc) is 2.73. The molecule has 16 heavy (non-hydrogen) atoms. The van der Waals surface area contributed by atoms with Gasteiger partial charge in [0.2, 0.25) is 0 Å². The minimum absolute atomic E-state index is 0.113. The van der Waals surface area contributed by atoms with Crippen molar-refractivity contribution in [2.75, 3.05) is 12.5 Å². The predicted octanol–water partition coefficient (Wildman–Crippen LogP) is 3.57. The second-order valence-corrected chi connectivity index (χ2v) is 5.65. The fraction of sp³-hybridized carbons (Fsp3) is 1.00. The van der Waals surface area contributed by atoms with Crippen LogP contribution in [0.5, 0.6) is 0 Å². The molecule has 0 radical (unpaired) electrons. The summed E-state index contributed by atoms with van der Waals surface area (Å²) >= 11 is 5.81. The van der Waals surface area contributed by atoms with Crippen LogP contribution >= 0.6 is 11.6 Å². The van der Waals surface area contributed by atoms with Gasteiger partial charge in [0.05, 0.1) is 18.6 Å². The molecule has 1 heterocycles. The zero-order valence-corrected chi connectivity index (χ0v) is 11.1. The van der Waals surface area contributed by atoms with Crippen LogP contribution < -0.4 is 0 Å². The van der Waals surface area contributed by atoms with Crippen molar-refractivity contribution in [2.45, 2.75) is 57.8 Å². The fourth-order valence-corrected chi connectivity index (χ4v) is 3.09. The normalized spacial score (nSPS) is 41.4. The molecule has 0 aromatic heterocycles. The van der Waals surface area contributed by atoms with Gasteiger partial charge in [0.1, 0.15) is 0 Å². The van der Waals surface area contributed by atoms with Gasteiger partial charge in [-0.15, -0.1) is 11.6 Å². The number of halogens is 1. The molecule has 2 rings (SSSR count). The summed E-state index contributed by atoms with van der Waals surface area (Å²) in [6.45, 7) is 5.32. The third kappa shape index (κ3) is 2.55. The van der Waals surface area contributed by atoms with Crippen molar-refractivity contribution in [1.29, 1.82) is 0 Å². The van der Waals surface area contributed by atoms with E-state index >= 15 is 0 Å². The Hall–Kier alpha value is 0.210. The first-order chi connectivity index (χ1) is 7.69. The highest BCUT2D eigenvalue weighted by Crippen LogP contribution is 2.42. The highest BCUT2D eigenvalue weighted by atomic mass is 35.5. The van der Waals surface area contributed by atoms with Crippen LogP contribution in [0.1, 0.15) is 46.0 Å². The van der Waals surface area contributed by atoms with Crippen molar-refractivity contribution in [3.8, 4) is 0 Å². The Morgan fingerprint density at radius 3 is 2.56 bits per heavy atom. The largest absolute Gasteiger partial charge is 0.347 e. The van der Waals surface area contributed by atoms with Gasteiger partial charge in [-0.1, -0.05) is 20.3 Å². The molecule has 1 saturated heterocycles. The van der Waals surface area contributed by atoms with Crippen LogP contribution in [0.2, 0.25) is 0 Å². The number of hydrogen-bond acceptors (Lipinski definition) is 2. The van der Waals surface area contributed by atoms with Crippen LogP contribution in [0.15, 0.2) is 0 Å². The van der Waals surface area contributed by atoms with Gasteiger partial charge in [0, 0.05) is 12.8 Å². The Bertz CT molecular complexity index is 224. The second kappa shape index (κ2) is 5.24. The van der Waals surface area contributed by atoms with E-state index in [2.05, 4.69) is 13.8 Å². The lowest BCUT2D eigenvalue weighted by Crippen LogP contribution is -2.37. The Kier molecular flexibility index (Phi) is 4.15. The van der Waals surface area contributed by atoms with E-state index in [0.29, 0.717) is 12.5 Å². The lowest BCUT2D eigenvalue weighted by atomic mass is 9.77. The summed E-state index contributed by atoms with van der Waals surface area (Å²) in [6.07, 6.45) is 5.98. The Balaban J connectivity index is 1.85. The molecule has 3 heteroatoms. The molecule has 94 valence electrons. The van der Waals surface area contributed by atoms with Crippen molar-refractivity contribution in [2.24, 2.45) is 11.8 Å². The van der Waals surface area contributed by atoms with Gasteiger partial charge in [0.25, 0.3) is 0 Å². The van der Waals surface area contributed by atoms with Crippen molar-refractivity contribution in [1.82, 2.24) is 0 Å². The standard InChI is InChI=1S/C13H23ClO2/c1-3-10(2)11-4-6-13(7-5-11)15-9-12(8-14)16-13/h10-12H,3-9H2,1-2H3. The minimum atomic E-state index is -0.274. The average molecular weight is 247 g/mol. The number of hydrogen-bond donors (Lipinski definition) is 0. The highest BCUT2D eigenvalue weighted by Gasteiger charge is 2.44. The minimum Gasteiger partial charge on any atom is -0.347 e. The smallest absolute Gasteiger partial charge is 0.168 e. The molecule has 0 bridgehead atoms. The molecule has 2 atom stereocenters. The topological polar surface area (TPSA) is 18.5 Å². The third-order valence-corrected chi connectivity index (χ3v) is 4.67. The third-order valence-electron chi connectivity index (χ3n) is 4.33. The van der Waals surface area contributed by atoms with Gasteiger partial charge in [-0.3, -0.25) is 0 Å². The summed E-state index contributed by atoms with van der Waals surface area (Å²) < 4.78 is 11.8. The summed E-state index contributed by atoms with van der Waals surface area (Å²) in [7, 11) is 0. The quantitative estimate of drug-likeness (QED) is 0.709. The maximum absolute atomic E-state index is 5.95. The van der Waals surface area contributed by atoms with E-state index in [9.17, 15) is 0 Å². The van der Waals surface area contributed by atoms with Gasteiger partial charge < -0.3 is 9.47 Å². The van der Waals surface area contributed by atoms with Gasteiger partial charge in [0.15, 0.2) is 5.79 Å². The van der Waals surface area contributed by atoms with Gasteiger partial charge in [-0.05, 0) is 24.7 Å². The zero-order chi connectivity index (χ0) is 11.6. The molecular weight excluding hydrogens is 224 g/mol. The molecule has 2 nitrogen and oxygen atoms in total. The van der Waals surface area contributed by atoms with Crippen LogP contribution in [-0.4, -0.2) is 24.4 Å². The first-order valence-corrected chi connectivity index (χ1v) is 7.10. The Labute approximate surface area is 104 Å². The molecule has 0 aromatic rings. The van der Waals surface area contributed by atoms with Crippen LogP contribution in [0.3, 0.4) is 0 Å². The first-order valence-electron chi connectivity index (χ1n) is 6.57. The van der Waals surface area contributed by atoms with E-state index in [0.717, 1.165) is 24.7 Å². The van der Waals surface area contributed by atoms with E-state index in [1.54, 1.807) is 0 Å². The number of rotatable bonds is 3. The van der Waals surface area contributed by atoms with Crippen LogP contribution in [0, 0.1) is 11.8 Å². The molecule has 1 aliphatic carbocycles. The van der Waals surface area contributed by atoms with Gasteiger partial charge in [-0.25, -0.2) is 0 Å². The molecular formula is C13H23ClO2. The van der Waals surface area contributed by atoms with Crippen molar-refractivity contribution >= 4 is 11.6 Å². The summed E-state index contributed by atoms with van der Waals surface area (Å²) in [5.74, 6) is 1.97. The first kappa shape index (κ1) is 12.7. The predicted molar refractivity (Wildman–Crippen MR) is 65.7 cm³/mol. The summed E-state index contributed by atoms with van der Waals surface area (Å²) in [6, 6.07) is 0. The SMILES string of the molecule is CCC(C)C1CCC2(CC1)OCC(CCl)O2. The number of ether oxygens (including phenoxy) is 2. The van der Waals surface area contributed by atoms with E-state index in [1.807, 2.05) is 0 Å². The van der Waals surface area contributed by atoms with Crippen molar-refractivity contribution in [3.05, 3.63) is 0 Å². The Morgan fingerprint density at radius 1 is 1.38 bits per heavy atom. The summed E-state index contributed by atoms with van der Waals surface area (Å²) in [5.41, 5.74) is 0. The van der Waals surface area contributed by atoms with E-state index < -0.39 is 0 Å². The summed E-state index contributed by atoms with van der Waals surface area (Å²) in [5, 5.41) is 0. The molecule has 1 spiro atoms. The van der Waals surface area contributed by atoms with Crippen molar-refractivity contribution in [3.63, 3.8) is 0 Å². The molecule has 2 unspecified atom stereocenters. The molecule has 0 N–H and O–H groups in total. The fourth-order valence-electron chi connectivity index (χ4n) is 2.94. The molecule has 0 amide bonds. The maximum atomic E-state index is 5.95. The van der Waals surface area contributed by atoms with E-state index in [-0.39, 0.29) is 11.9 Å². The summed E-state index contributed by atoms with van der Waals surface area (Å²) in [4.78, 5) is 0. The van der Waals surface area contributed by atoms with Crippen LogP contribution in [-0.2, 0) is 9.47 Å².